The summed E-state index contributed by atoms with van der Waals surface area (Å²) in [5.41, 5.74) is 3.21. The number of ether oxygens (including phenoxy) is 1. The molecule has 0 radical (unpaired) electrons. The van der Waals surface area contributed by atoms with Crippen LogP contribution in [-0.4, -0.2) is 37.4 Å². The molecular weight excluding hydrogens is 442 g/mol. The molecule has 8 heteroatoms. The average Bonchev–Trinajstić information content (AvgIpc) is 3.21. The van der Waals surface area contributed by atoms with E-state index in [4.69, 9.17) is 9.15 Å². The van der Waals surface area contributed by atoms with Crippen molar-refractivity contribution < 1.29 is 13.9 Å². The lowest BCUT2D eigenvalue weighted by Crippen LogP contribution is -2.36. The first-order chi connectivity index (χ1) is 13.5. The Morgan fingerprint density at radius 3 is 2.75 bits per heavy atom. The normalized spacial score (nSPS) is 20.2. The summed E-state index contributed by atoms with van der Waals surface area (Å²) >= 11 is 4.86. The number of rotatable bonds is 3. The van der Waals surface area contributed by atoms with Gasteiger partial charge in [0.1, 0.15) is 5.76 Å². The number of anilines is 1. The van der Waals surface area contributed by atoms with Gasteiger partial charge in [0.05, 0.1) is 28.3 Å². The number of benzene rings is 1. The number of nitrogens with zero attached hydrogens (tertiary/aromatic N) is 2. The number of amides is 1. The zero-order valence-electron chi connectivity index (χ0n) is 15.6. The van der Waals surface area contributed by atoms with Crippen molar-refractivity contribution >= 4 is 56.4 Å². The van der Waals surface area contributed by atoms with E-state index >= 15 is 0 Å². The molecule has 1 aromatic carbocycles. The predicted octanol–water partition coefficient (Wildman–Crippen LogP) is 4.39. The van der Waals surface area contributed by atoms with Crippen molar-refractivity contribution in [3.8, 4) is 0 Å². The number of carbonyl (C=O) groups excluding carboxylic acids is 1. The molecule has 6 nitrogen and oxygen atoms in total. The summed E-state index contributed by atoms with van der Waals surface area (Å²) in [5, 5.41) is 3.39. The van der Waals surface area contributed by atoms with Crippen molar-refractivity contribution in [1.82, 2.24) is 5.32 Å². The standard InChI is InChI=1S/C20H20BrN3O3S/c1-12-3-4-14(9-13(12)2)22-20-23-18(25)17(28-20)11-15-10-16(21)19(27-15)24-5-7-26-8-6-24/h3-4,9-11H,5-8H2,1-2H3,(H,22,23,25)/b17-11-. The molecule has 1 aromatic heterocycles. The number of morpholine rings is 1. The van der Waals surface area contributed by atoms with Crippen LogP contribution in [0, 0.1) is 13.8 Å². The highest BCUT2D eigenvalue weighted by molar-refractivity contribution is 9.10. The minimum absolute atomic E-state index is 0.173. The van der Waals surface area contributed by atoms with E-state index in [1.807, 2.05) is 31.2 Å². The predicted molar refractivity (Wildman–Crippen MR) is 116 cm³/mol. The summed E-state index contributed by atoms with van der Waals surface area (Å²) in [6, 6.07) is 7.86. The van der Waals surface area contributed by atoms with Crippen LogP contribution in [0.4, 0.5) is 11.6 Å². The van der Waals surface area contributed by atoms with Gasteiger partial charge in [-0.25, -0.2) is 4.99 Å². The second-order valence-electron chi connectivity index (χ2n) is 6.65. The molecular formula is C20H20BrN3O3S. The van der Waals surface area contributed by atoms with Gasteiger partial charge in [0, 0.05) is 25.2 Å². The van der Waals surface area contributed by atoms with Crippen molar-refractivity contribution in [2.45, 2.75) is 13.8 Å². The summed E-state index contributed by atoms with van der Waals surface area (Å²) in [4.78, 5) is 19.6. The third-order valence-corrected chi connectivity index (χ3v) is 6.11. The fraction of sp³-hybridized carbons (Fsp3) is 0.300. The summed E-state index contributed by atoms with van der Waals surface area (Å²) in [7, 11) is 0. The van der Waals surface area contributed by atoms with Crippen LogP contribution in [-0.2, 0) is 9.53 Å². The van der Waals surface area contributed by atoms with E-state index in [1.165, 1.54) is 22.9 Å². The summed E-state index contributed by atoms with van der Waals surface area (Å²) in [6.45, 7) is 7.03. The maximum atomic E-state index is 12.3. The second-order valence-corrected chi connectivity index (χ2v) is 8.54. The van der Waals surface area contributed by atoms with Gasteiger partial charge in [0.15, 0.2) is 5.17 Å². The zero-order chi connectivity index (χ0) is 19.7. The Kier molecular flexibility index (Phi) is 5.61. The van der Waals surface area contributed by atoms with Crippen molar-refractivity contribution in [2.75, 3.05) is 31.2 Å². The molecule has 1 N–H and O–H groups in total. The number of aryl methyl sites for hydroxylation is 2. The summed E-state index contributed by atoms with van der Waals surface area (Å²) in [6.07, 6.45) is 1.75. The first kappa shape index (κ1) is 19.3. The highest BCUT2D eigenvalue weighted by Gasteiger charge is 2.25. The number of amidine groups is 1. The Bertz CT molecular complexity index is 977. The molecule has 0 bridgehead atoms. The van der Waals surface area contributed by atoms with E-state index in [1.54, 1.807) is 6.08 Å². The summed E-state index contributed by atoms with van der Waals surface area (Å²) in [5.74, 6) is 1.22. The number of nitrogens with one attached hydrogen (secondary N) is 1. The van der Waals surface area contributed by atoms with Crippen LogP contribution in [0.5, 0.6) is 0 Å². The van der Waals surface area contributed by atoms with Gasteiger partial charge in [-0.15, -0.1) is 0 Å². The Labute approximate surface area is 176 Å². The maximum Gasteiger partial charge on any atom is 0.264 e. The fourth-order valence-electron chi connectivity index (χ4n) is 2.95. The van der Waals surface area contributed by atoms with Gasteiger partial charge in [0.2, 0.25) is 5.88 Å². The van der Waals surface area contributed by atoms with Crippen LogP contribution in [0.1, 0.15) is 16.9 Å². The highest BCUT2D eigenvalue weighted by Crippen LogP contribution is 2.34. The monoisotopic (exact) mass is 461 g/mol. The van der Waals surface area contributed by atoms with E-state index in [-0.39, 0.29) is 5.91 Å². The molecule has 0 unspecified atom stereocenters. The first-order valence-corrected chi connectivity index (χ1v) is 10.6. The molecule has 1 amide bonds. The Balaban J connectivity index is 1.53. The van der Waals surface area contributed by atoms with Gasteiger partial charge in [-0.2, -0.15) is 0 Å². The maximum absolute atomic E-state index is 12.3. The minimum Gasteiger partial charge on any atom is -0.440 e. The van der Waals surface area contributed by atoms with Gasteiger partial charge in [0.25, 0.3) is 5.91 Å². The van der Waals surface area contributed by atoms with Gasteiger partial charge in [-0.05, 0) is 64.8 Å². The molecule has 0 atom stereocenters. The lowest BCUT2D eigenvalue weighted by Gasteiger charge is -2.26. The molecule has 2 aliphatic rings. The number of halogens is 1. The van der Waals surface area contributed by atoms with Crippen LogP contribution in [0.2, 0.25) is 0 Å². The van der Waals surface area contributed by atoms with Crippen LogP contribution in [0.25, 0.3) is 6.08 Å². The number of hydrogen-bond acceptors (Lipinski definition) is 6. The number of carbonyl (C=O) groups is 1. The molecule has 0 spiro atoms. The number of furan rings is 1. The van der Waals surface area contributed by atoms with E-state index < -0.39 is 0 Å². The molecule has 28 heavy (non-hydrogen) atoms. The van der Waals surface area contributed by atoms with E-state index in [9.17, 15) is 4.79 Å². The van der Waals surface area contributed by atoms with Gasteiger partial charge < -0.3 is 19.4 Å². The highest BCUT2D eigenvalue weighted by atomic mass is 79.9. The van der Waals surface area contributed by atoms with E-state index in [2.05, 4.69) is 38.1 Å². The molecule has 0 aliphatic carbocycles. The van der Waals surface area contributed by atoms with Gasteiger partial charge in [-0.1, -0.05) is 6.07 Å². The molecule has 2 fully saturated rings. The molecule has 3 heterocycles. The smallest absolute Gasteiger partial charge is 0.264 e. The third kappa shape index (κ3) is 4.19. The summed E-state index contributed by atoms with van der Waals surface area (Å²) < 4.78 is 12.2. The Hall–Kier alpha value is -2.03. The molecule has 146 valence electrons. The molecule has 4 rings (SSSR count). The lowest BCUT2D eigenvalue weighted by molar-refractivity contribution is -0.115. The van der Waals surface area contributed by atoms with Gasteiger partial charge >= 0.3 is 0 Å². The van der Waals surface area contributed by atoms with Gasteiger partial charge in [-0.3, -0.25) is 4.79 Å². The largest absolute Gasteiger partial charge is 0.440 e. The number of aliphatic imine (C=N–C) groups is 1. The Morgan fingerprint density at radius 1 is 1.21 bits per heavy atom. The van der Waals surface area contributed by atoms with Crippen molar-refractivity contribution in [3.05, 3.63) is 50.5 Å². The molecule has 0 saturated carbocycles. The average molecular weight is 462 g/mol. The first-order valence-electron chi connectivity index (χ1n) is 8.98. The minimum atomic E-state index is -0.173. The third-order valence-electron chi connectivity index (χ3n) is 4.63. The van der Waals surface area contributed by atoms with Crippen LogP contribution < -0.4 is 10.2 Å². The number of thioether (sulfide) groups is 1. The van der Waals surface area contributed by atoms with Crippen molar-refractivity contribution in [1.29, 1.82) is 0 Å². The fourth-order valence-corrected chi connectivity index (χ4v) is 4.33. The molecule has 2 aliphatic heterocycles. The van der Waals surface area contributed by atoms with Crippen molar-refractivity contribution in [3.63, 3.8) is 0 Å². The topological polar surface area (TPSA) is 67.1 Å². The lowest BCUT2D eigenvalue weighted by atomic mass is 10.1. The van der Waals surface area contributed by atoms with Crippen LogP contribution in [0.3, 0.4) is 0 Å². The Morgan fingerprint density at radius 2 is 2.00 bits per heavy atom. The molecule has 2 aromatic rings. The van der Waals surface area contributed by atoms with Crippen LogP contribution >= 0.6 is 27.7 Å². The van der Waals surface area contributed by atoms with E-state index in [0.29, 0.717) is 29.0 Å². The van der Waals surface area contributed by atoms with Crippen LogP contribution in [0.15, 0.2) is 43.1 Å². The number of hydrogen-bond donors (Lipinski definition) is 1. The van der Waals surface area contributed by atoms with E-state index in [0.717, 1.165) is 29.1 Å². The second kappa shape index (κ2) is 8.14. The molecule has 2 saturated heterocycles. The zero-order valence-corrected chi connectivity index (χ0v) is 18.0. The SMILES string of the molecule is Cc1ccc(N=C2NC(=O)/C(=C/c3cc(Br)c(N4CCOCC4)o3)S2)cc1C. The quantitative estimate of drug-likeness (QED) is 0.686. The van der Waals surface area contributed by atoms with Crippen molar-refractivity contribution in [2.24, 2.45) is 4.99 Å².